The van der Waals surface area contributed by atoms with E-state index in [2.05, 4.69) is 25.7 Å². The zero-order chi connectivity index (χ0) is 6.41. The van der Waals surface area contributed by atoms with E-state index in [4.69, 9.17) is 0 Å². The van der Waals surface area contributed by atoms with Gasteiger partial charge >= 0.3 is 0 Å². The molecule has 0 atom stereocenters. The first-order chi connectivity index (χ1) is 3.77. The topological polar surface area (TPSA) is 12.0 Å². The molecule has 0 fully saturated rings. The van der Waals surface area contributed by atoms with E-state index in [1.165, 1.54) is 6.42 Å². The first-order valence-electron chi connectivity index (χ1n) is 3.11. The summed E-state index contributed by atoms with van der Waals surface area (Å²) in [7, 11) is 0. The average Bonchev–Trinajstić information content (AvgIpc) is 1.66. The van der Waals surface area contributed by atoms with Crippen LogP contribution in [0.3, 0.4) is 0 Å². The maximum atomic E-state index is 3.55. The first-order valence-corrected chi connectivity index (χ1v) is 3.11. The van der Waals surface area contributed by atoms with E-state index in [9.17, 15) is 0 Å². The molecule has 1 nitrogen and oxygen atoms in total. The summed E-state index contributed by atoms with van der Waals surface area (Å²) in [5, 5.41) is 3.04. The second-order valence-electron chi connectivity index (χ2n) is 2.34. The van der Waals surface area contributed by atoms with Crippen molar-refractivity contribution in [3.05, 3.63) is 12.8 Å². The van der Waals surface area contributed by atoms with Crippen LogP contribution in [0, 0.1) is 5.92 Å². The predicted molar refractivity (Wildman–Crippen MR) is 37.7 cm³/mol. The minimum Gasteiger partial charge on any atom is -0.391 e. The monoisotopic (exact) mass is 113 g/mol. The van der Waals surface area contributed by atoms with Crippen molar-refractivity contribution in [2.75, 3.05) is 6.54 Å². The Balaban J connectivity index is 2.81. The van der Waals surface area contributed by atoms with Crippen molar-refractivity contribution in [3.63, 3.8) is 0 Å². The highest BCUT2D eigenvalue weighted by Crippen LogP contribution is 1.95. The van der Waals surface area contributed by atoms with Crippen molar-refractivity contribution >= 4 is 0 Å². The summed E-state index contributed by atoms with van der Waals surface area (Å²) in [5.74, 6) is 0.794. The fourth-order valence-corrected chi connectivity index (χ4v) is 0.474. The van der Waals surface area contributed by atoms with Gasteiger partial charge in [-0.05, 0) is 18.5 Å². The molecule has 0 aromatic carbocycles. The first kappa shape index (κ1) is 7.54. The molecule has 0 bridgehead atoms. The fourth-order valence-electron chi connectivity index (χ4n) is 0.474. The SMILES string of the molecule is C=CNCCC(C)C. The van der Waals surface area contributed by atoms with Crippen LogP contribution in [0.25, 0.3) is 0 Å². The summed E-state index contributed by atoms with van der Waals surface area (Å²) in [6.45, 7) is 9.03. The molecule has 0 aromatic rings. The zero-order valence-electron chi connectivity index (χ0n) is 5.78. The summed E-state index contributed by atoms with van der Waals surface area (Å²) in [5.41, 5.74) is 0. The Morgan fingerprint density at radius 1 is 1.62 bits per heavy atom. The van der Waals surface area contributed by atoms with E-state index in [1.54, 1.807) is 6.20 Å². The van der Waals surface area contributed by atoms with Crippen LogP contribution in [0.4, 0.5) is 0 Å². The molecule has 0 heterocycles. The van der Waals surface area contributed by atoms with Crippen molar-refractivity contribution in [1.29, 1.82) is 0 Å². The third-order valence-corrected chi connectivity index (χ3v) is 1.01. The Morgan fingerprint density at radius 3 is 2.62 bits per heavy atom. The van der Waals surface area contributed by atoms with Gasteiger partial charge in [-0.1, -0.05) is 20.4 Å². The lowest BCUT2D eigenvalue weighted by molar-refractivity contribution is 0.571. The molecule has 0 rings (SSSR count). The van der Waals surface area contributed by atoms with Crippen molar-refractivity contribution in [1.82, 2.24) is 5.32 Å². The molecule has 0 saturated heterocycles. The molecule has 48 valence electrons. The predicted octanol–water partition coefficient (Wildman–Crippen LogP) is 1.77. The highest BCUT2D eigenvalue weighted by atomic mass is 14.8. The lowest BCUT2D eigenvalue weighted by Crippen LogP contribution is -2.08. The van der Waals surface area contributed by atoms with Crippen LogP contribution < -0.4 is 5.32 Å². The van der Waals surface area contributed by atoms with Gasteiger partial charge in [0.05, 0.1) is 0 Å². The van der Waals surface area contributed by atoms with Crippen LogP contribution >= 0.6 is 0 Å². The minimum atomic E-state index is 0.794. The Hall–Kier alpha value is -0.460. The molecule has 0 spiro atoms. The average molecular weight is 113 g/mol. The Bertz CT molecular complexity index is 57.4. The maximum absolute atomic E-state index is 3.55. The van der Waals surface area contributed by atoms with Crippen molar-refractivity contribution in [2.24, 2.45) is 5.92 Å². The van der Waals surface area contributed by atoms with Gasteiger partial charge in [-0.2, -0.15) is 0 Å². The second kappa shape index (κ2) is 4.69. The van der Waals surface area contributed by atoms with Gasteiger partial charge in [-0.15, -0.1) is 0 Å². The van der Waals surface area contributed by atoms with Gasteiger partial charge in [0, 0.05) is 6.54 Å². The van der Waals surface area contributed by atoms with Crippen LogP contribution in [-0.2, 0) is 0 Å². The molecule has 0 radical (unpaired) electrons. The highest BCUT2D eigenvalue weighted by Gasteiger charge is 1.88. The summed E-state index contributed by atoms with van der Waals surface area (Å²) in [6, 6.07) is 0. The Labute approximate surface area is 51.8 Å². The molecule has 0 aromatic heterocycles. The lowest BCUT2D eigenvalue weighted by atomic mass is 10.1. The van der Waals surface area contributed by atoms with Crippen LogP contribution in [0.5, 0.6) is 0 Å². The van der Waals surface area contributed by atoms with Gasteiger partial charge in [-0.25, -0.2) is 0 Å². The van der Waals surface area contributed by atoms with E-state index in [-0.39, 0.29) is 0 Å². The molecule has 8 heavy (non-hydrogen) atoms. The molecule has 0 aliphatic rings. The smallest absolute Gasteiger partial charge is 0.0143 e. The maximum Gasteiger partial charge on any atom is 0.0143 e. The lowest BCUT2D eigenvalue weighted by Gasteiger charge is -2.01. The van der Waals surface area contributed by atoms with Gasteiger partial charge in [0.2, 0.25) is 0 Å². The molecule has 0 amide bonds. The minimum absolute atomic E-state index is 0.794. The van der Waals surface area contributed by atoms with Crippen LogP contribution in [0.15, 0.2) is 12.8 Å². The van der Waals surface area contributed by atoms with E-state index < -0.39 is 0 Å². The van der Waals surface area contributed by atoms with Crippen molar-refractivity contribution < 1.29 is 0 Å². The van der Waals surface area contributed by atoms with Crippen molar-refractivity contribution in [2.45, 2.75) is 20.3 Å². The molecular weight excluding hydrogens is 98.1 g/mol. The molecule has 0 aliphatic heterocycles. The van der Waals surface area contributed by atoms with Gasteiger partial charge < -0.3 is 5.32 Å². The molecule has 0 unspecified atom stereocenters. The third kappa shape index (κ3) is 5.54. The fraction of sp³-hybridized carbons (Fsp3) is 0.714. The number of hydrogen-bond donors (Lipinski definition) is 1. The van der Waals surface area contributed by atoms with E-state index >= 15 is 0 Å². The Kier molecular flexibility index (Phi) is 4.42. The quantitative estimate of drug-likeness (QED) is 0.548. The summed E-state index contributed by atoms with van der Waals surface area (Å²) >= 11 is 0. The van der Waals surface area contributed by atoms with Gasteiger partial charge in [0.1, 0.15) is 0 Å². The third-order valence-electron chi connectivity index (χ3n) is 1.01. The molecule has 0 saturated carbocycles. The van der Waals surface area contributed by atoms with Gasteiger partial charge in [0.25, 0.3) is 0 Å². The number of hydrogen-bond acceptors (Lipinski definition) is 1. The summed E-state index contributed by atoms with van der Waals surface area (Å²) in [6.07, 6.45) is 2.97. The number of nitrogens with one attached hydrogen (secondary N) is 1. The normalized spacial score (nSPS) is 9.38. The molecule has 0 aliphatic carbocycles. The van der Waals surface area contributed by atoms with E-state index in [1.807, 2.05) is 0 Å². The van der Waals surface area contributed by atoms with Crippen LogP contribution in [0.2, 0.25) is 0 Å². The second-order valence-corrected chi connectivity index (χ2v) is 2.34. The Morgan fingerprint density at radius 2 is 2.25 bits per heavy atom. The van der Waals surface area contributed by atoms with Crippen LogP contribution in [-0.4, -0.2) is 6.54 Å². The highest BCUT2D eigenvalue weighted by molar-refractivity contribution is 4.62. The van der Waals surface area contributed by atoms with Gasteiger partial charge in [0.15, 0.2) is 0 Å². The molecular formula is C7H15N. The standard InChI is InChI=1S/C7H15N/c1-4-8-6-5-7(2)3/h4,7-8H,1,5-6H2,2-3H3. The largest absolute Gasteiger partial charge is 0.391 e. The number of rotatable bonds is 4. The van der Waals surface area contributed by atoms with Crippen LogP contribution in [0.1, 0.15) is 20.3 Å². The molecule has 1 heteroatoms. The summed E-state index contributed by atoms with van der Waals surface area (Å²) < 4.78 is 0. The van der Waals surface area contributed by atoms with E-state index in [0.717, 1.165) is 12.5 Å². The molecule has 1 N–H and O–H groups in total. The van der Waals surface area contributed by atoms with Crippen molar-refractivity contribution in [3.8, 4) is 0 Å². The summed E-state index contributed by atoms with van der Waals surface area (Å²) in [4.78, 5) is 0. The van der Waals surface area contributed by atoms with E-state index in [0.29, 0.717) is 0 Å². The van der Waals surface area contributed by atoms with Gasteiger partial charge in [-0.3, -0.25) is 0 Å². The zero-order valence-corrected chi connectivity index (χ0v) is 5.78.